The maximum atomic E-state index is 13.2. The Hall–Kier alpha value is -3.22. The van der Waals surface area contributed by atoms with Crippen molar-refractivity contribution in [2.45, 2.75) is 52.6 Å². The van der Waals surface area contributed by atoms with E-state index in [-0.39, 0.29) is 29.2 Å². The van der Waals surface area contributed by atoms with E-state index >= 15 is 0 Å². The molecule has 166 valence electrons. The number of anilines is 1. The summed E-state index contributed by atoms with van der Waals surface area (Å²) in [4.78, 5) is 27.8. The second kappa shape index (κ2) is 7.43. The molecular formula is C25H29N5O2. The monoisotopic (exact) mass is 431 g/mol. The highest BCUT2D eigenvalue weighted by Crippen LogP contribution is 2.52. The summed E-state index contributed by atoms with van der Waals surface area (Å²) in [5.74, 6) is -0.105. The van der Waals surface area contributed by atoms with Gasteiger partial charge in [-0.3, -0.25) is 9.59 Å². The van der Waals surface area contributed by atoms with Crippen molar-refractivity contribution in [2.75, 3.05) is 11.9 Å². The van der Waals surface area contributed by atoms with Gasteiger partial charge in [0.15, 0.2) is 0 Å². The van der Waals surface area contributed by atoms with Gasteiger partial charge in [0.05, 0.1) is 5.52 Å². The number of carbonyl (C=O) groups excluding carboxylic acids is 2. The lowest BCUT2D eigenvalue weighted by Gasteiger charge is -2.39. The van der Waals surface area contributed by atoms with Crippen LogP contribution in [0.15, 0.2) is 48.5 Å². The minimum absolute atomic E-state index is 0.0744. The van der Waals surface area contributed by atoms with Crippen LogP contribution >= 0.6 is 0 Å². The van der Waals surface area contributed by atoms with Gasteiger partial charge in [0.1, 0.15) is 12.1 Å². The molecule has 0 spiro atoms. The molecule has 2 aromatic carbocycles. The third-order valence-electron chi connectivity index (χ3n) is 6.80. The molecule has 2 bridgehead atoms. The number of aromatic nitrogens is 3. The van der Waals surface area contributed by atoms with Gasteiger partial charge in [-0.15, -0.1) is 5.10 Å². The number of carbonyl (C=O) groups is 2. The van der Waals surface area contributed by atoms with Crippen molar-refractivity contribution in [1.29, 1.82) is 0 Å². The third-order valence-corrected chi connectivity index (χ3v) is 6.80. The molecule has 7 heteroatoms. The topological polar surface area (TPSA) is 80.1 Å². The number of likely N-dealkylation sites (tertiary alicyclic amines) is 1. The molecule has 2 heterocycles. The van der Waals surface area contributed by atoms with Crippen molar-refractivity contribution in [1.82, 2.24) is 19.9 Å². The molecular weight excluding hydrogens is 402 g/mol. The maximum Gasteiger partial charge on any atom is 0.254 e. The minimum Gasteiger partial charge on any atom is -0.335 e. The molecule has 32 heavy (non-hydrogen) atoms. The summed E-state index contributed by atoms with van der Waals surface area (Å²) < 4.78 is 1.58. The van der Waals surface area contributed by atoms with E-state index in [2.05, 4.69) is 41.3 Å². The molecule has 7 nitrogen and oxygen atoms in total. The molecule has 2 atom stereocenters. The van der Waals surface area contributed by atoms with Gasteiger partial charge in [0.25, 0.3) is 5.91 Å². The van der Waals surface area contributed by atoms with Crippen molar-refractivity contribution in [3.63, 3.8) is 0 Å². The van der Waals surface area contributed by atoms with E-state index in [1.165, 1.54) is 0 Å². The summed E-state index contributed by atoms with van der Waals surface area (Å²) in [7, 11) is 0. The first kappa shape index (κ1) is 20.7. The fourth-order valence-corrected chi connectivity index (χ4v) is 5.93. The quantitative estimate of drug-likeness (QED) is 0.674. The third kappa shape index (κ3) is 3.87. The average Bonchev–Trinajstić information content (AvgIpc) is 3.25. The zero-order valence-electron chi connectivity index (χ0n) is 18.8. The van der Waals surface area contributed by atoms with Crippen LogP contribution in [0.1, 0.15) is 50.4 Å². The van der Waals surface area contributed by atoms with Crippen LogP contribution in [0.5, 0.6) is 0 Å². The molecule has 2 unspecified atom stereocenters. The van der Waals surface area contributed by atoms with Gasteiger partial charge in [-0.2, -0.15) is 0 Å². The Bertz CT molecular complexity index is 1180. The van der Waals surface area contributed by atoms with E-state index in [9.17, 15) is 9.59 Å². The number of fused-ring (bicyclic) bond motifs is 3. The van der Waals surface area contributed by atoms with E-state index in [1.807, 2.05) is 24.3 Å². The molecule has 1 saturated carbocycles. The molecule has 1 aromatic heterocycles. The lowest BCUT2D eigenvalue weighted by molar-refractivity contribution is -0.116. The fraction of sp³-hybridized carbons (Fsp3) is 0.440. The number of rotatable bonds is 4. The molecule has 0 radical (unpaired) electrons. The van der Waals surface area contributed by atoms with Crippen LogP contribution in [-0.4, -0.2) is 44.3 Å². The molecule has 5 rings (SSSR count). The van der Waals surface area contributed by atoms with E-state index in [0.717, 1.165) is 36.8 Å². The van der Waals surface area contributed by atoms with E-state index < -0.39 is 0 Å². The SMILES string of the molecule is CC1(C)CC2CC(C)(CN2C(=O)c2ccc(NC(=O)Cn3nnc4ccccc43)cc2)C1. The number of hydrogen-bond acceptors (Lipinski definition) is 4. The van der Waals surface area contributed by atoms with E-state index in [4.69, 9.17) is 0 Å². The highest BCUT2D eigenvalue weighted by molar-refractivity contribution is 5.96. The second-order valence-corrected chi connectivity index (χ2v) is 10.5. The fourth-order valence-electron chi connectivity index (χ4n) is 5.93. The van der Waals surface area contributed by atoms with Gasteiger partial charge >= 0.3 is 0 Å². The molecule has 2 fully saturated rings. The summed E-state index contributed by atoms with van der Waals surface area (Å²) in [6.45, 7) is 7.83. The Morgan fingerprint density at radius 2 is 1.81 bits per heavy atom. The highest BCUT2D eigenvalue weighted by Gasteiger charge is 2.50. The molecule has 1 saturated heterocycles. The number of amides is 2. The predicted octanol–water partition coefficient (Wildman–Crippen LogP) is 4.11. The molecule has 3 aromatic rings. The van der Waals surface area contributed by atoms with Gasteiger partial charge in [0, 0.05) is 23.8 Å². The Morgan fingerprint density at radius 3 is 2.59 bits per heavy atom. The van der Waals surface area contributed by atoms with Gasteiger partial charge in [-0.05, 0) is 66.5 Å². The maximum absolute atomic E-state index is 13.2. The average molecular weight is 432 g/mol. The van der Waals surface area contributed by atoms with Gasteiger partial charge in [-0.1, -0.05) is 38.1 Å². The molecule has 2 aliphatic rings. The first-order valence-corrected chi connectivity index (χ1v) is 11.2. The van der Waals surface area contributed by atoms with Gasteiger partial charge in [-0.25, -0.2) is 4.68 Å². The number of para-hydroxylation sites is 1. The zero-order valence-corrected chi connectivity index (χ0v) is 18.8. The van der Waals surface area contributed by atoms with Crippen molar-refractivity contribution in [3.8, 4) is 0 Å². The van der Waals surface area contributed by atoms with Crippen LogP contribution in [0.3, 0.4) is 0 Å². The van der Waals surface area contributed by atoms with Crippen LogP contribution < -0.4 is 5.32 Å². The lowest BCUT2D eigenvalue weighted by atomic mass is 9.65. The second-order valence-electron chi connectivity index (χ2n) is 10.5. The molecule has 1 N–H and O–H groups in total. The van der Waals surface area contributed by atoms with Crippen molar-refractivity contribution < 1.29 is 9.59 Å². The van der Waals surface area contributed by atoms with E-state index in [0.29, 0.717) is 17.3 Å². The summed E-state index contributed by atoms with van der Waals surface area (Å²) in [6.07, 6.45) is 3.30. The first-order chi connectivity index (χ1) is 15.2. The number of hydrogen-bond donors (Lipinski definition) is 1. The lowest BCUT2D eigenvalue weighted by Crippen LogP contribution is -2.37. The van der Waals surface area contributed by atoms with E-state index in [1.54, 1.807) is 28.9 Å². The van der Waals surface area contributed by atoms with Gasteiger partial charge in [0.2, 0.25) is 5.91 Å². The van der Waals surface area contributed by atoms with Crippen LogP contribution in [0.25, 0.3) is 11.0 Å². The van der Waals surface area contributed by atoms with Crippen molar-refractivity contribution >= 4 is 28.5 Å². The summed E-state index contributed by atoms with van der Waals surface area (Å²) in [6, 6.07) is 15.0. The standard InChI is InChI=1S/C25H29N5O2/c1-24(2)12-19-13-25(3,15-24)16-29(19)23(32)17-8-10-18(11-9-17)26-22(31)14-30-21-7-5-4-6-20(21)27-28-30/h4-11,19H,12-16H2,1-3H3,(H,26,31). The van der Waals surface area contributed by atoms with Crippen molar-refractivity contribution in [2.24, 2.45) is 10.8 Å². The first-order valence-electron chi connectivity index (χ1n) is 11.2. The number of benzene rings is 2. The largest absolute Gasteiger partial charge is 0.335 e. The summed E-state index contributed by atoms with van der Waals surface area (Å²) >= 11 is 0. The normalized spacial score (nSPS) is 24.0. The predicted molar refractivity (Wildman–Crippen MR) is 123 cm³/mol. The van der Waals surface area contributed by atoms with Gasteiger partial charge < -0.3 is 10.2 Å². The Balaban J connectivity index is 1.24. The number of nitrogens with zero attached hydrogens (tertiary/aromatic N) is 4. The molecule has 1 aliphatic carbocycles. The Kier molecular flexibility index (Phi) is 4.80. The van der Waals surface area contributed by atoms with Crippen LogP contribution in [0.2, 0.25) is 0 Å². The summed E-state index contributed by atoms with van der Waals surface area (Å²) in [5, 5.41) is 11.0. The Morgan fingerprint density at radius 1 is 1.06 bits per heavy atom. The number of nitrogens with one attached hydrogen (secondary N) is 1. The highest BCUT2D eigenvalue weighted by atomic mass is 16.2. The zero-order chi connectivity index (χ0) is 22.5. The minimum atomic E-state index is -0.191. The van der Waals surface area contributed by atoms with Crippen LogP contribution in [-0.2, 0) is 11.3 Å². The Labute approximate surface area is 187 Å². The van der Waals surface area contributed by atoms with Crippen LogP contribution in [0.4, 0.5) is 5.69 Å². The molecule has 2 amide bonds. The van der Waals surface area contributed by atoms with Crippen LogP contribution in [0, 0.1) is 10.8 Å². The molecule has 1 aliphatic heterocycles. The summed E-state index contributed by atoms with van der Waals surface area (Å²) in [5.41, 5.74) is 3.38. The van der Waals surface area contributed by atoms with Crippen molar-refractivity contribution in [3.05, 3.63) is 54.1 Å². The smallest absolute Gasteiger partial charge is 0.254 e.